The summed E-state index contributed by atoms with van der Waals surface area (Å²) in [6, 6.07) is 16.5. The number of nitrogens with zero attached hydrogens (tertiary/aromatic N) is 4. The van der Waals surface area contributed by atoms with E-state index in [9.17, 15) is 4.79 Å². The van der Waals surface area contributed by atoms with Gasteiger partial charge in [-0.25, -0.2) is 10.4 Å². The van der Waals surface area contributed by atoms with Crippen molar-refractivity contribution in [2.45, 2.75) is 6.42 Å². The van der Waals surface area contributed by atoms with E-state index in [0.29, 0.717) is 10.6 Å². The zero-order chi connectivity index (χ0) is 20.2. The number of benzene rings is 2. The summed E-state index contributed by atoms with van der Waals surface area (Å²) in [5, 5.41) is 15.5. The van der Waals surface area contributed by atoms with Gasteiger partial charge in [0.25, 0.3) is 0 Å². The van der Waals surface area contributed by atoms with Crippen LogP contribution in [0.3, 0.4) is 0 Å². The first kappa shape index (κ1) is 18.9. The van der Waals surface area contributed by atoms with E-state index >= 15 is 0 Å². The summed E-state index contributed by atoms with van der Waals surface area (Å²) < 4.78 is 1.90. The van der Waals surface area contributed by atoms with Crippen molar-refractivity contribution in [3.63, 3.8) is 0 Å². The molecule has 1 amide bonds. The van der Waals surface area contributed by atoms with Crippen LogP contribution in [0.25, 0.3) is 16.2 Å². The minimum Gasteiger partial charge on any atom is -0.294 e. The Morgan fingerprint density at radius 1 is 1.24 bits per heavy atom. The highest BCUT2D eigenvalue weighted by atomic mass is 35.5. The molecule has 6 nitrogen and oxygen atoms in total. The molecule has 0 aliphatic carbocycles. The third-order valence-electron chi connectivity index (χ3n) is 4.21. The molecule has 0 bridgehead atoms. The van der Waals surface area contributed by atoms with Crippen LogP contribution in [-0.2, 0) is 11.2 Å². The summed E-state index contributed by atoms with van der Waals surface area (Å²) in [5.41, 5.74) is 6.53. The summed E-state index contributed by atoms with van der Waals surface area (Å²) in [6.45, 7) is 0. The average Bonchev–Trinajstić information content (AvgIpc) is 3.32. The summed E-state index contributed by atoms with van der Waals surface area (Å²) in [6.07, 6.45) is 3.64. The van der Waals surface area contributed by atoms with Gasteiger partial charge in [0.2, 0.25) is 5.91 Å². The van der Waals surface area contributed by atoms with E-state index in [1.165, 1.54) is 11.3 Å². The number of hydrogen-bond acceptors (Lipinski definition) is 5. The Balaban J connectivity index is 1.45. The molecule has 0 spiro atoms. The molecule has 142 valence electrons. The minimum absolute atomic E-state index is 0.182. The van der Waals surface area contributed by atoms with E-state index in [1.54, 1.807) is 30.5 Å². The van der Waals surface area contributed by atoms with Crippen LogP contribution in [0.15, 0.2) is 65.2 Å². The Morgan fingerprint density at radius 2 is 2.00 bits per heavy atom. The molecule has 2 aromatic carbocycles. The van der Waals surface area contributed by atoms with Gasteiger partial charge in [0.05, 0.1) is 30.0 Å². The van der Waals surface area contributed by atoms with Crippen molar-refractivity contribution < 1.29 is 4.79 Å². The molecule has 1 N–H and O–H groups in total. The number of rotatable bonds is 5. The number of hydrogen-bond donors (Lipinski definition) is 1. The van der Waals surface area contributed by atoms with Gasteiger partial charge in [0, 0.05) is 27.9 Å². The highest BCUT2D eigenvalue weighted by molar-refractivity contribution is 7.15. The number of imidazole rings is 1. The number of halogens is 1. The second-order valence-electron chi connectivity index (χ2n) is 6.22. The fourth-order valence-corrected chi connectivity index (χ4v) is 3.74. The van der Waals surface area contributed by atoms with Crippen molar-refractivity contribution >= 4 is 40.0 Å². The molecule has 4 aromatic rings. The molecule has 2 heterocycles. The van der Waals surface area contributed by atoms with Crippen molar-refractivity contribution in [1.29, 1.82) is 5.26 Å². The lowest BCUT2D eigenvalue weighted by Crippen LogP contribution is -2.20. The van der Waals surface area contributed by atoms with Crippen LogP contribution in [-0.4, -0.2) is 21.5 Å². The van der Waals surface area contributed by atoms with E-state index in [-0.39, 0.29) is 12.3 Å². The number of fused-ring (bicyclic) bond motifs is 1. The van der Waals surface area contributed by atoms with Crippen LogP contribution in [0.2, 0.25) is 5.02 Å². The number of nitrogens with one attached hydrogen (secondary N) is 1. The Labute approximate surface area is 175 Å². The van der Waals surface area contributed by atoms with Crippen molar-refractivity contribution in [1.82, 2.24) is 14.8 Å². The van der Waals surface area contributed by atoms with Gasteiger partial charge in [-0.2, -0.15) is 10.4 Å². The lowest BCUT2D eigenvalue weighted by atomic mass is 10.1. The minimum atomic E-state index is -0.219. The van der Waals surface area contributed by atoms with Crippen LogP contribution in [0.1, 0.15) is 16.8 Å². The van der Waals surface area contributed by atoms with Crippen molar-refractivity contribution in [2.75, 3.05) is 0 Å². The van der Waals surface area contributed by atoms with Gasteiger partial charge >= 0.3 is 0 Å². The first-order valence-corrected chi connectivity index (χ1v) is 9.91. The first-order chi connectivity index (χ1) is 14.1. The number of hydrazone groups is 1. The Hall–Kier alpha value is -3.47. The quantitative estimate of drug-likeness (QED) is 0.387. The highest BCUT2D eigenvalue weighted by Gasteiger charge is 2.12. The van der Waals surface area contributed by atoms with Crippen LogP contribution in [0.4, 0.5) is 0 Å². The lowest BCUT2D eigenvalue weighted by molar-refractivity contribution is -0.120. The number of thiazole rings is 1. The summed E-state index contributed by atoms with van der Waals surface area (Å²) >= 11 is 7.31. The topological polar surface area (TPSA) is 82.5 Å². The number of carbonyl (C=O) groups is 1. The molecule has 29 heavy (non-hydrogen) atoms. The molecule has 0 fully saturated rings. The standard InChI is InChI=1S/C21H14ClN5OS/c22-17-7-3-15(4-8-17)11-24-26-20(28)9-18-13-29-21-25-19(12-27(18)21)16-5-1-14(10-23)2-6-16/h1-8,11-13H,9H2,(H,26,28)/b24-11+. The van der Waals surface area contributed by atoms with Crippen molar-refractivity contribution in [3.8, 4) is 17.3 Å². The zero-order valence-corrected chi connectivity index (χ0v) is 16.6. The molecule has 0 aliphatic heterocycles. The smallest absolute Gasteiger partial charge is 0.246 e. The number of nitriles is 1. The van der Waals surface area contributed by atoms with E-state index in [0.717, 1.165) is 27.5 Å². The van der Waals surface area contributed by atoms with Crippen LogP contribution >= 0.6 is 22.9 Å². The second-order valence-corrected chi connectivity index (χ2v) is 7.49. The predicted molar refractivity (Wildman–Crippen MR) is 114 cm³/mol. The summed E-state index contributed by atoms with van der Waals surface area (Å²) in [4.78, 5) is 17.6. The normalized spacial score (nSPS) is 11.0. The van der Waals surface area contributed by atoms with E-state index < -0.39 is 0 Å². The Morgan fingerprint density at radius 3 is 2.72 bits per heavy atom. The summed E-state index contributed by atoms with van der Waals surface area (Å²) in [5.74, 6) is -0.219. The maximum Gasteiger partial charge on any atom is 0.246 e. The number of amides is 1. The largest absolute Gasteiger partial charge is 0.294 e. The van der Waals surface area contributed by atoms with Crippen molar-refractivity contribution in [2.24, 2.45) is 5.10 Å². The van der Waals surface area contributed by atoms with Crippen LogP contribution < -0.4 is 5.43 Å². The van der Waals surface area contributed by atoms with E-state index in [1.807, 2.05) is 40.2 Å². The molecule has 0 radical (unpaired) electrons. The monoisotopic (exact) mass is 419 g/mol. The maximum absolute atomic E-state index is 12.2. The molecule has 2 aromatic heterocycles. The third kappa shape index (κ3) is 4.35. The molecular weight excluding hydrogens is 406 g/mol. The van der Waals surface area contributed by atoms with Gasteiger partial charge in [0.1, 0.15) is 0 Å². The predicted octanol–water partition coefficient (Wildman–Crippen LogP) is 4.28. The van der Waals surface area contributed by atoms with Gasteiger partial charge in [-0.05, 0) is 29.8 Å². The third-order valence-corrected chi connectivity index (χ3v) is 5.35. The molecule has 0 saturated carbocycles. The molecule has 0 unspecified atom stereocenters. The molecule has 4 rings (SSSR count). The van der Waals surface area contributed by atoms with Crippen molar-refractivity contribution in [3.05, 3.63) is 82.0 Å². The van der Waals surface area contributed by atoms with Gasteiger partial charge in [-0.1, -0.05) is 35.9 Å². The lowest BCUT2D eigenvalue weighted by Gasteiger charge is -2.00. The van der Waals surface area contributed by atoms with E-state index in [2.05, 4.69) is 21.6 Å². The first-order valence-electron chi connectivity index (χ1n) is 8.66. The van der Waals surface area contributed by atoms with Crippen LogP contribution in [0, 0.1) is 11.3 Å². The highest BCUT2D eigenvalue weighted by Crippen LogP contribution is 2.24. The van der Waals surface area contributed by atoms with Gasteiger partial charge < -0.3 is 0 Å². The SMILES string of the molecule is N#Cc1ccc(-c2cn3c(CC(=O)N/N=C/c4ccc(Cl)cc4)csc3n2)cc1. The fraction of sp³-hybridized carbons (Fsp3) is 0.0476. The Bertz CT molecular complexity index is 1230. The summed E-state index contributed by atoms with van der Waals surface area (Å²) in [7, 11) is 0. The number of aromatic nitrogens is 2. The van der Waals surface area contributed by atoms with Gasteiger partial charge in [-0.3, -0.25) is 9.20 Å². The molecule has 0 atom stereocenters. The number of carbonyl (C=O) groups excluding carboxylic acids is 1. The van der Waals surface area contributed by atoms with Gasteiger partial charge in [-0.15, -0.1) is 11.3 Å². The zero-order valence-electron chi connectivity index (χ0n) is 15.0. The molecule has 0 aliphatic rings. The second kappa shape index (κ2) is 8.27. The Kier molecular flexibility index (Phi) is 5.38. The molecule has 8 heteroatoms. The maximum atomic E-state index is 12.2. The van der Waals surface area contributed by atoms with Crippen LogP contribution in [0.5, 0.6) is 0 Å². The molecule has 0 saturated heterocycles. The average molecular weight is 420 g/mol. The van der Waals surface area contributed by atoms with Gasteiger partial charge in [0.15, 0.2) is 4.96 Å². The fourth-order valence-electron chi connectivity index (χ4n) is 2.74. The molecular formula is C21H14ClN5OS. The van der Waals surface area contributed by atoms with E-state index in [4.69, 9.17) is 16.9 Å².